The number of carboxylic acids is 1. The molecule has 28 heavy (non-hydrogen) atoms. The summed E-state index contributed by atoms with van der Waals surface area (Å²) in [6.07, 6.45) is 9.52. The number of nitrogens with zero attached hydrogens (tertiary/aromatic N) is 1. The molecule has 0 amide bonds. The number of methoxy groups -OCH3 is 1. The van der Waals surface area contributed by atoms with Crippen LogP contribution >= 0.6 is 0 Å². The summed E-state index contributed by atoms with van der Waals surface area (Å²) in [5.41, 5.74) is 3.68. The van der Waals surface area contributed by atoms with Crippen molar-refractivity contribution in [3.8, 4) is 5.75 Å². The molecule has 152 valence electrons. The van der Waals surface area contributed by atoms with Crippen molar-refractivity contribution in [2.24, 2.45) is 11.8 Å². The number of H-pyrrole nitrogens is 1. The number of rotatable bonds is 5. The average molecular weight is 385 g/mol. The van der Waals surface area contributed by atoms with Gasteiger partial charge in [-0.15, -0.1) is 0 Å². The quantitative estimate of drug-likeness (QED) is 0.782. The maximum atomic E-state index is 11.3. The van der Waals surface area contributed by atoms with E-state index < -0.39 is 5.97 Å². The minimum Gasteiger partial charge on any atom is -0.496 e. The lowest BCUT2D eigenvalue weighted by atomic mass is 9.76. The van der Waals surface area contributed by atoms with E-state index >= 15 is 0 Å². The second-order valence-electron chi connectivity index (χ2n) is 8.62. The fourth-order valence-electron chi connectivity index (χ4n) is 5.48. The average Bonchev–Trinajstić information content (AvgIpc) is 3.21. The molecule has 1 aliphatic carbocycles. The zero-order valence-corrected chi connectivity index (χ0v) is 17.0. The van der Waals surface area contributed by atoms with Crippen LogP contribution in [0, 0.1) is 18.8 Å². The fourth-order valence-corrected chi connectivity index (χ4v) is 5.48. The number of aryl methyl sites for hydroxylation is 1. The van der Waals surface area contributed by atoms with Gasteiger partial charge in [-0.3, -0.25) is 9.69 Å². The number of fused-ring (bicyclic) bond motifs is 1. The van der Waals surface area contributed by atoms with E-state index in [4.69, 9.17) is 4.74 Å². The van der Waals surface area contributed by atoms with Crippen molar-refractivity contribution in [1.29, 1.82) is 0 Å². The normalized spacial score (nSPS) is 26.4. The highest BCUT2D eigenvalue weighted by Crippen LogP contribution is 2.38. The molecule has 1 saturated carbocycles. The summed E-state index contributed by atoms with van der Waals surface area (Å²) in [6, 6.07) is 4.87. The second kappa shape index (κ2) is 8.16. The highest BCUT2D eigenvalue weighted by Gasteiger charge is 2.35. The second-order valence-corrected chi connectivity index (χ2v) is 8.62. The van der Waals surface area contributed by atoms with Crippen LogP contribution in [0.15, 0.2) is 18.3 Å². The molecule has 5 nitrogen and oxygen atoms in total. The van der Waals surface area contributed by atoms with Crippen molar-refractivity contribution in [2.75, 3.05) is 13.7 Å². The van der Waals surface area contributed by atoms with Gasteiger partial charge >= 0.3 is 5.97 Å². The Hall–Kier alpha value is -2.01. The Balaban J connectivity index is 1.56. The Morgan fingerprint density at radius 2 is 2.04 bits per heavy atom. The summed E-state index contributed by atoms with van der Waals surface area (Å²) >= 11 is 0. The van der Waals surface area contributed by atoms with Gasteiger partial charge in [-0.05, 0) is 75.6 Å². The van der Waals surface area contributed by atoms with Gasteiger partial charge in [-0.25, -0.2) is 0 Å². The molecule has 0 radical (unpaired) electrons. The largest absolute Gasteiger partial charge is 0.496 e. The number of ether oxygens (including phenoxy) is 1. The van der Waals surface area contributed by atoms with E-state index in [0.717, 1.165) is 44.5 Å². The zero-order valence-electron chi connectivity index (χ0n) is 17.0. The van der Waals surface area contributed by atoms with E-state index in [1.165, 1.54) is 41.3 Å². The molecule has 5 heteroatoms. The molecule has 2 N–H and O–H groups in total. The Labute approximate surface area is 167 Å². The number of hydrogen-bond donors (Lipinski definition) is 2. The minimum atomic E-state index is -0.613. The number of carboxylic acid groups (broad SMARTS) is 1. The van der Waals surface area contributed by atoms with E-state index in [9.17, 15) is 9.90 Å². The number of aliphatic carboxylic acids is 1. The zero-order chi connectivity index (χ0) is 19.7. The van der Waals surface area contributed by atoms with Crippen LogP contribution in [0.1, 0.15) is 56.1 Å². The van der Waals surface area contributed by atoms with Gasteiger partial charge in [-0.2, -0.15) is 0 Å². The fraction of sp³-hybridized carbons (Fsp3) is 0.609. The standard InChI is InChI=1S/C23H32N2O3/c1-15-13-21(28-2)19(18-10-11-24-22(15)18)14-25-12-4-3-5-20(25)16-6-8-17(9-7-16)23(26)27/h10-11,13,16-17,20,24H,3-9,12,14H2,1-2H3,(H,26,27). The number of carbonyl (C=O) groups is 1. The van der Waals surface area contributed by atoms with Crippen LogP contribution in [0.2, 0.25) is 0 Å². The van der Waals surface area contributed by atoms with Crippen molar-refractivity contribution in [3.63, 3.8) is 0 Å². The first kappa shape index (κ1) is 19.3. The van der Waals surface area contributed by atoms with Crippen LogP contribution in [0.4, 0.5) is 0 Å². The molecule has 1 saturated heterocycles. The molecule has 1 atom stereocenters. The van der Waals surface area contributed by atoms with Gasteiger partial charge < -0.3 is 14.8 Å². The van der Waals surface area contributed by atoms with E-state index in [1.54, 1.807) is 7.11 Å². The molecule has 1 aromatic carbocycles. The summed E-state index contributed by atoms with van der Waals surface area (Å²) in [6.45, 7) is 4.14. The first-order valence-electron chi connectivity index (χ1n) is 10.7. The number of aromatic amines is 1. The van der Waals surface area contributed by atoms with Gasteiger partial charge in [-0.1, -0.05) is 6.42 Å². The van der Waals surface area contributed by atoms with Gasteiger partial charge in [0, 0.05) is 35.2 Å². The number of likely N-dealkylation sites (tertiary alicyclic amines) is 1. The summed E-state index contributed by atoms with van der Waals surface area (Å²) in [4.78, 5) is 17.3. The Morgan fingerprint density at radius 3 is 2.75 bits per heavy atom. The first-order valence-corrected chi connectivity index (χ1v) is 10.7. The molecule has 2 fully saturated rings. The molecule has 2 heterocycles. The van der Waals surface area contributed by atoms with E-state index in [-0.39, 0.29) is 5.92 Å². The number of nitrogens with one attached hydrogen (secondary N) is 1. The minimum absolute atomic E-state index is 0.134. The molecule has 0 bridgehead atoms. The smallest absolute Gasteiger partial charge is 0.306 e. The van der Waals surface area contributed by atoms with Gasteiger partial charge in [0.15, 0.2) is 0 Å². The molecule has 1 aromatic heterocycles. The SMILES string of the molecule is COc1cc(C)c2[nH]ccc2c1CN1CCCCC1C1CCC(C(=O)O)CC1. The van der Waals surface area contributed by atoms with E-state index in [0.29, 0.717) is 12.0 Å². The predicted octanol–water partition coefficient (Wildman–Crippen LogP) is 4.73. The molecule has 1 aliphatic heterocycles. The Bertz CT molecular complexity index is 836. The van der Waals surface area contributed by atoms with Gasteiger partial charge in [0.1, 0.15) is 5.75 Å². The van der Waals surface area contributed by atoms with Crippen molar-refractivity contribution < 1.29 is 14.6 Å². The highest BCUT2D eigenvalue weighted by atomic mass is 16.5. The Kier molecular flexibility index (Phi) is 5.63. The van der Waals surface area contributed by atoms with Crippen molar-refractivity contribution in [3.05, 3.63) is 29.5 Å². The number of hydrogen-bond acceptors (Lipinski definition) is 3. The van der Waals surface area contributed by atoms with Gasteiger partial charge in [0.2, 0.25) is 0 Å². The molecular formula is C23H32N2O3. The van der Waals surface area contributed by atoms with Crippen molar-refractivity contribution >= 4 is 16.9 Å². The molecule has 2 aromatic rings. The summed E-state index contributed by atoms with van der Waals surface area (Å²) in [5, 5.41) is 10.6. The lowest BCUT2D eigenvalue weighted by Crippen LogP contribution is -2.45. The van der Waals surface area contributed by atoms with Gasteiger partial charge in [0.05, 0.1) is 13.0 Å². The summed E-state index contributed by atoms with van der Waals surface area (Å²) in [7, 11) is 1.76. The number of piperidine rings is 1. The van der Waals surface area contributed by atoms with Crippen LogP contribution in [0.3, 0.4) is 0 Å². The molecule has 4 rings (SSSR count). The molecule has 0 spiro atoms. The van der Waals surface area contributed by atoms with E-state index in [1.807, 2.05) is 6.20 Å². The van der Waals surface area contributed by atoms with Crippen LogP contribution in [0.5, 0.6) is 5.75 Å². The third kappa shape index (κ3) is 3.64. The lowest BCUT2D eigenvalue weighted by Gasteiger charge is -2.43. The molecule has 1 unspecified atom stereocenters. The topological polar surface area (TPSA) is 65.6 Å². The number of aromatic nitrogens is 1. The van der Waals surface area contributed by atoms with Crippen molar-refractivity contribution in [1.82, 2.24) is 9.88 Å². The van der Waals surface area contributed by atoms with E-state index in [2.05, 4.69) is 28.9 Å². The molecular weight excluding hydrogens is 352 g/mol. The summed E-state index contributed by atoms with van der Waals surface area (Å²) in [5.74, 6) is 0.848. The number of benzene rings is 1. The third-order valence-corrected chi connectivity index (χ3v) is 7.02. The molecule has 2 aliphatic rings. The Morgan fingerprint density at radius 1 is 1.25 bits per heavy atom. The maximum Gasteiger partial charge on any atom is 0.306 e. The summed E-state index contributed by atoms with van der Waals surface area (Å²) < 4.78 is 5.76. The monoisotopic (exact) mass is 384 g/mol. The first-order chi connectivity index (χ1) is 13.6. The van der Waals surface area contributed by atoms with Crippen LogP contribution in [0.25, 0.3) is 10.9 Å². The maximum absolute atomic E-state index is 11.3. The van der Waals surface area contributed by atoms with Crippen LogP contribution < -0.4 is 4.74 Å². The van der Waals surface area contributed by atoms with Crippen LogP contribution in [-0.4, -0.2) is 40.7 Å². The van der Waals surface area contributed by atoms with Crippen LogP contribution in [-0.2, 0) is 11.3 Å². The predicted molar refractivity (Wildman–Crippen MR) is 111 cm³/mol. The third-order valence-electron chi connectivity index (χ3n) is 7.02. The van der Waals surface area contributed by atoms with Crippen molar-refractivity contribution in [2.45, 2.75) is 64.5 Å². The highest BCUT2D eigenvalue weighted by molar-refractivity contribution is 5.88. The lowest BCUT2D eigenvalue weighted by molar-refractivity contribution is -0.143. The van der Waals surface area contributed by atoms with Gasteiger partial charge in [0.25, 0.3) is 0 Å².